The van der Waals surface area contributed by atoms with Crippen molar-refractivity contribution < 1.29 is 9.13 Å². The fraction of sp³-hybridized carbons (Fsp3) is 0.308. The van der Waals surface area contributed by atoms with Gasteiger partial charge in [0, 0.05) is 7.05 Å². The standard InChI is InChI=1S/C13H16FN3O/c1-4-11-12(15)13(17(3)16-11)18-9-5-6-10(14)8(2)7-9/h5-7H,4,15H2,1-3H3. The first-order valence-electron chi connectivity index (χ1n) is 5.78. The molecule has 0 aliphatic rings. The number of anilines is 1. The molecule has 96 valence electrons. The van der Waals surface area contributed by atoms with Crippen LogP contribution in [0.25, 0.3) is 0 Å². The van der Waals surface area contributed by atoms with Gasteiger partial charge in [-0.3, -0.25) is 0 Å². The summed E-state index contributed by atoms with van der Waals surface area (Å²) in [6, 6.07) is 4.58. The molecule has 0 saturated heterocycles. The first-order chi connectivity index (χ1) is 8.52. The van der Waals surface area contributed by atoms with Gasteiger partial charge in [0.25, 0.3) is 0 Å². The van der Waals surface area contributed by atoms with Gasteiger partial charge in [0.1, 0.15) is 17.3 Å². The van der Waals surface area contributed by atoms with Gasteiger partial charge in [-0.2, -0.15) is 5.10 Å². The van der Waals surface area contributed by atoms with E-state index >= 15 is 0 Å². The molecule has 5 heteroatoms. The summed E-state index contributed by atoms with van der Waals surface area (Å²) in [6.07, 6.45) is 0.742. The second-order valence-electron chi connectivity index (χ2n) is 4.16. The average molecular weight is 249 g/mol. The van der Waals surface area contributed by atoms with Gasteiger partial charge in [-0.25, -0.2) is 9.07 Å². The van der Waals surface area contributed by atoms with Crippen LogP contribution in [-0.2, 0) is 13.5 Å². The van der Waals surface area contributed by atoms with E-state index < -0.39 is 0 Å². The average Bonchev–Trinajstić information content (AvgIpc) is 2.61. The number of halogens is 1. The Labute approximate surface area is 105 Å². The van der Waals surface area contributed by atoms with E-state index in [0.717, 1.165) is 12.1 Å². The number of benzene rings is 1. The van der Waals surface area contributed by atoms with Gasteiger partial charge in [-0.1, -0.05) is 6.92 Å². The zero-order valence-electron chi connectivity index (χ0n) is 10.7. The minimum absolute atomic E-state index is 0.255. The van der Waals surface area contributed by atoms with E-state index in [2.05, 4.69) is 5.10 Å². The van der Waals surface area contributed by atoms with Crippen LogP contribution >= 0.6 is 0 Å². The number of nitrogens with two attached hydrogens (primary N) is 1. The molecule has 0 bridgehead atoms. The van der Waals surface area contributed by atoms with Crippen LogP contribution in [-0.4, -0.2) is 9.78 Å². The van der Waals surface area contributed by atoms with Crippen molar-refractivity contribution in [1.82, 2.24) is 9.78 Å². The van der Waals surface area contributed by atoms with Crippen molar-refractivity contribution in [3.63, 3.8) is 0 Å². The molecule has 4 nitrogen and oxygen atoms in total. The number of nitrogen functional groups attached to an aromatic ring is 1. The molecule has 0 saturated carbocycles. The van der Waals surface area contributed by atoms with Crippen LogP contribution in [0, 0.1) is 12.7 Å². The fourth-order valence-corrected chi connectivity index (χ4v) is 1.75. The molecule has 0 amide bonds. The van der Waals surface area contributed by atoms with Crippen molar-refractivity contribution in [3.8, 4) is 11.6 Å². The number of rotatable bonds is 3. The topological polar surface area (TPSA) is 53.1 Å². The number of ether oxygens (including phenoxy) is 1. The zero-order valence-corrected chi connectivity index (χ0v) is 10.7. The number of hydrogen-bond donors (Lipinski definition) is 1. The Kier molecular flexibility index (Phi) is 3.23. The van der Waals surface area contributed by atoms with Crippen LogP contribution in [0.15, 0.2) is 18.2 Å². The molecule has 0 unspecified atom stereocenters. The van der Waals surface area contributed by atoms with E-state index in [-0.39, 0.29) is 5.82 Å². The van der Waals surface area contributed by atoms with E-state index in [4.69, 9.17) is 10.5 Å². The molecule has 2 rings (SSSR count). The lowest BCUT2D eigenvalue weighted by Gasteiger charge is -2.07. The molecule has 18 heavy (non-hydrogen) atoms. The minimum atomic E-state index is -0.255. The summed E-state index contributed by atoms with van der Waals surface area (Å²) in [6.45, 7) is 3.66. The van der Waals surface area contributed by atoms with Gasteiger partial charge in [0.15, 0.2) is 0 Å². The van der Waals surface area contributed by atoms with Gasteiger partial charge in [-0.15, -0.1) is 0 Å². The highest BCUT2D eigenvalue weighted by molar-refractivity contribution is 5.54. The first kappa shape index (κ1) is 12.4. The number of nitrogens with zero attached hydrogens (tertiary/aromatic N) is 2. The van der Waals surface area contributed by atoms with Crippen molar-refractivity contribution in [1.29, 1.82) is 0 Å². The maximum Gasteiger partial charge on any atom is 0.241 e. The number of aryl methyl sites for hydroxylation is 3. The van der Waals surface area contributed by atoms with Crippen LogP contribution in [0.5, 0.6) is 11.6 Å². The summed E-state index contributed by atoms with van der Waals surface area (Å²) in [7, 11) is 1.77. The van der Waals surface area contributed by atoms with Crippen LogP contribution in [0.3, 0.4) is 0 Å². The van der Waals surface area contributed by atoms with Crippen molar-refractivity contribution in [2.45, 2.75) is 20.3 Å². The number of hydrogen-bond acceptors (Lipinski definition) is 3. The molecule has 0 aliphatic heterocycles. The third-order valence-electron chi connectivity index (χ3n) is 2.78. The van der Waals surface area contributed by atoms with Crippen LogP contribution in [0.2, 0.25) is 0 Å². The monoisotopic (exact) mass is 249 g/mol. The summed E-state index contributed by atoms with van der Waals surface area (Å²) < 4.78 is 20.4. The van der Waals surface area contributed by atoms with Gasteiger partial charge >= 0.3 is 0 Å². The SMILES string of the molecule is CCc1nn(C)c(Oc2ccc(F)c(C)c2)c1N. The van der Waals surface area contributed by atoms with E-state index in [0.29, 0.717) is 22.9 Å². The summed E-state index contributed by atoms with van der Waals surface area (Å²) in [5, 5.41) is 4.26. The number of aromatic nitrogens is 2. The predicted molar refractivity (Wildman–Crippen MR) is 68.2 cm³/mol. The van der Waals surface area contributed by atoms with Crippen LogP contribution in [0.4, 0.5) is 10.1 Å². The Hall–Kier alpha value is -2.04. The van der Waals surface area contributed by atoms with Crippen molar-refractivity contribution in [2.75, 3.05) is 5.73 Å². The van der Waals surface area contributed by atoms with Crippen LogP contribution < -0.4 is 10.5 Å². The lowest BCUT2D eigenvalue weighted by atomic mass is 10.2. The molecule has 0 aliphatic carbocycles. The van der Waals surface area contributed by atoms with Crippen molar-refractivity contribution in [2.24, 2.45) is 7.05 Å². The smallest absolute Gasteiger partial charge is 0.241 e. The Morgan fingerprint density at radius 2 is 2.17 bits per heavy atom. The Morgan fingerprint density at radius 1 is 1.44 bits per heavy atom. The zero-order chi connectivity index (χ0) is 13.3. The van der Waals surface area contributed by atoms with E-state index in [1.54, 1.807) is 30.8 Å². The molecule has 1 heterocycles. The van der Waals surface area contributed by atoms with Crippen LogP contribution in [0.1, 0.15) is 18.2 Å². The molecule has 0 radical (unpaired) electrons. The van der Waals surface area contributed by atoms with Crippen molar-refractivity contribution in [3.05, 3.63) is 35.3 Å². The van der Waals surface area contributed by atoms with E-state index in [1.165, 1.54) is 6.07 Å². The van der Waals surface area contributed by atoms with E-state index in [9.17, 15) is 4.39 Å². The van der Waals surface area contributed by atoms with E-state index in [1.807, 2.05) is 6.92 Å². The Bertz CT molecular complexity index is 578. The third kappa shape index (κ3) is 2.16. The predicted octanol–water partition coefficient (Wildman–Crippen LogP) is 2.80. The normalized spacial score (nSPS) is 10.7. The molecule has 1 aromatic heterocycles. The molecule has 0 spiro atoms. The molecule has 0 atom stereocenters. The summed E-state index contributed by atoms with van der Waals surface area (Å²) in [5.41, 5.74) is 7.81. The molecule has 2 N–H and O–H groups in total. The minimum Gasteiger partial charge on any atom is -0.437 e. The quantitative estimate of drug-likeness (QED) is 0.910. The second kappa shape index (κ2) is 4.68. The molecule has 1 aromatic carbocycles. The lowest BCUT2D eigenvalue weighted by Crippen LogP contribution is -1.97. The second-order valence-corrected chi connectivity index (χ2v) is 4.16. The molecular weight excluding hydrogens is 233 g/mol. The van der Waals surface area contributed by atoms with Gasteiger partial charge in [-0.05, 0) is 37.1 Å². The molecule has 2 aromatic rings. The van der Waals surface area contributed by atoms with Gasteiger partial charge in [0.05, 0.1) is 5.69 Å². The van der Waals surface area contributed by atoms with Gasteiger partial charge < -0.3 is 10.5 Å². The Morgan fingerprint density at radius 3 is 2.72 bits per heavy atom. The third-order valence-corrected chi connectivity index (χ3v) is 2.78. The maximum atomic E-state index is 13.2. The highest BCUT2D eigenvalue weighted by Crippen LogP contribution is 2.30. The largest absolute Gasteiger partial charge is 0.437 e. The van der Waals surface area contributed by atoms with Crippen molar-refractivity contribution >= 4 is 5.69 Å². The lowest BCUT2D eigenvalue weighted by molar-refractivity contribution is 0.431. The maximum absolute atomic E-state index is 13.2. The summed E-state index contributed by atoms with van der Waals surface area (Å²) in [5.74, 6) is 0.777. The molecular formula is C13H16FN3O. The summed E-state index contributed by atoms with van der Waals surface area (Å²) >= 11 is 0. The molecule has 0 fully saturated rings. The highest BCUT2D eigenvalue weighted by atomic mass is 19.1. The highest BCUT2D eigenvalue weighted by Gasteiger charge is 2.14. The summed E-state index contributed by atoms with van der Waals surface area (Å²) in [4.78, 5) is 0. The first-order valence-corrected chi connectivity index (χ1v) is 5.78. The Balaban J connectivity index is 2.33. The fourth-order valence-electron chi connectivity index (χ4n) is 1.75. The van der Waals surface area contributed by atoms with Gasteiger partial charge in [0.2, 0.25) is 5.88 Å².